The lowest BCUT2D eigenvalue weighted by Gasteiger charge is -2.16. The smallest absolute Gasteiger partial charge is 0.130 e. The maximum absolute atomic E-state index is 8.99. The zero-order valence-corrected chi connectivity index (χ0v) is 10.7. The molecule has 0 heterocycles. The van der Waals surface area contributed by atoms with Crippen LogP contribution in [0.3, 0.4) is 0 Å². The fraction of sp³-hybridized carbons (Fsp3) is 0.500. The highest BCUT2D eigenvalue weighted by Crippen LogP contribution is 2.18. The summed E-state index contributed by atoms with van der Waals surface area (Å²) in [6.07, 6.45) is 0.936. The summed E-state index contributed by atoms with van der Waals surface area (Å²) < 4.78 is 5.70. The van der Waals surface area contributed by atoms with Gasteiger partial charge >= 0.3 is 0 Å². The number of hydrogen-bond acceptors (Lipinski definition) is 3. The highest BCUT2D eigenvalue weighted by atomic mass is 16.5. The summed E-state index contributed by atoms with van der Waals surface area (Å²) in [7, 11) is 0. The van der Waals surface area contributed by atoms with Crippen molar-refractivity contribution in [2.45, 2.75) is 39.3 Å². The van der Waals surface area contributed by atoms with Crippen LogP contribution in [0.15, 0.2) is 24.3 Å². The summed E-state index contributed by atoms with van der Waals surface area (Å²) >= 11 is 0. The van der Waals surface area contributed by atoms with Crippen molar-refractivity contribution in [2.75, 3.05) is 6.61 Å². The monoisotopic (exact) mass is 232 g/mol. The van der Waals surface area contributed by atoms with Gasteiger partial charge in [0.1, 0.15) is 18.4 Å². The van der Waals surface area contributed by atoms with Gasteiger partial charge in [-0.3, -0.25) is 5.32 Å². The van der Waals surface area contributed by atoms with Gasteiger partial charge in [-0.15, -0.1) is 0 Å². The molecule has 1 N–H and O–H groups in total. The van der Waals surface area contributed by atoms with Crippen molar-refractivity contribution in [3.8, 4) is 11.8 Å². The standard InChI is InChI=1S/C14H20N2O/c1-4-12-7-5-6-8-14(12)17-10-13(9-15)16-11(2)3/h5-8,11,13,16H,4,10H2,1-3H3. The van der Waals surface area contributed by atoms with Crippen LogP contribution in [0.4, 0.5) is 0 Å². The first kappa shape index (κ1) is 13.5. The molecule has 1 aromatic carbocycles. The summed E-state index contributed by atoms with van der Waals surface area (Å²) in [5, 5.41) is 12.1. The highest BCUT2D eigenvalue weighted by Gasteiger charge is 2.10. The Bertz CT molecular complexity index is 382. The van der Waals surface area contributed by atoms with Gasteiger partial charge in [0.05, 0.1) is 6.07 Å². The molecule has 3 heteroatoms. The summed E-state index contributed by atoms with van der Waals surface area (Å²) in [5.74, 6) is 0.876. The van der Waals surface area contributed by atoms with Crippen molar-refractivity contribution < 1.29 is 4.74 Å². The lowest BCUT2D eigenvalue weighted by Crippen LogP contribution is -2.38. The molecule has 0 bridgehead atoms. The fourth-order valence-electron chi connectivity index (χ4n) is 1.63. The molecule has 0 saturated heterocycles. The summed E-state index contributed by atoms with van der Waals surface area (Å²) in [6, 6.07) is 10.2. The van der Waals surface area contributed by atoms with Crippen molar-refractivity contribution in [2.24, 2.45) is 0 Å². The summed E-state index contributed by atoms with van der Waals surface area (Å²) in [4.78, 5) is 0. The Kier molecular flexibility index (Phi) is 5.51. The molecule has 1 atom stereocenters. The second-order valence-corrected chi connectivity index (χ2v) is 4.28. The van der Waals surface area contributed by atoms with E-state index in [1.807, 2.05) is 38.1 Å². The zero-order valence-electron chi connectivity index (χ0n) is 10.7. The Morgan fingerprint density at radius 1 is 1.35 bits per heavy atom. The first-order valence-electron chi connectivity index (χ1n) is 6.03. The molecule has 0 spiro atoms. The van der Waals surface area contributed by atoms with Gasteiger partial charge in [-0.1, -0.05) is 25.1 Å². The van der Waals surface area contributed by atoms with E-state index in [0.29, 0.717) is 6.61 Å². The van der Waals surface area contributed by atoms with E-state index >= 15 is 0 Å². The lowest BCUT2D eigenvalue weighted by atomic mass is 10.1. The normalized spacial score (nSPS) is 12.2. The fourth-order valence-corrected chi connectivity index (χ4v) is 1.63. The highest BCUT2D eigenvalue weighted by molar-refractivity contribution is 5.33. The quantitative estimate of drug-likeness (QED) is 0.819. The average Bonchev–Trinajstić information content (AvgIpc) is 2.34. The van der Waals surface area contributed by atoms with Gasteiger partial charge in [0.15, 0.2) is 0 Å². The van der Waals surface area contributed by atoms with Gasteiger partial charge in [-0.25, -0.2) is 0 Å². The topological polar surface area (TPSA) is 45.0 Å². The second kappa shape index (κ2) is 6.93. The number of hydrogen-bond donors (Lipinski definition) is 1. The predicted octanol–water partition coefficient (Wildman–Crippen LogP) is 2.52. The Morgan fingerprint density at radius 2 is 2.06 bits per heavy atom. The van der Waals surface area contributed by atoms with Crippen molar-refractivity contribution >= 4 is 0 Å². The van der Waals surface area contributed by atoms with E-state index in [9.17, 15) is 0 Å². The maximum atomic E-state index is 8.99. The average molecular weight is 232 g/mol. The Labute approximate surface area is 103 Å². The Morgan fingerprint density at radius 3 is 2.65 bits per heavy atom. The van der Waals surface area contributed by atoms with Crippen LogP contribution in [-0.2, 0) is 6.42 Å². The lowest BCUT2D eigenvalue weighted by molar-refractivity contribution is 0.280. The van der Waals surface area contributed by atoms with Crippen LogP contribution in [0, 0.1) is 11.3 Å². The van der Waals surface area contributed by atoms with E-state index in [4.69, 9.17) is 10.00 Å². The third-order valence-corrected chi connectivity index (χ3v) is 2.45. The minimum absolute atomic E-state index is 0.264. The number of rotatable bonds is 6. The van der Waals surface area contributed by atoms with E-state index in [1.54, 1.807) is 0 Å². The predicted molar refractivity (Wildman–Crippen MR) is 69.0 cm³/mol. The number of nitriles is 1. The van der Waals surface area contributed by atoms with Crippen LogP contribution in [-0.4, -0.2) is 18.7 Å². The molecule has 0 radical (unpaired) electrons. The molecule has 17 heavy (non-hydrogen) atoms. The van der Waals surface area contributed by atoms with Crippen molar-refractivity contribution in [1.29, 1.82) is 5.26 Å². The number of aryl methyl sites for hydroxylation is 1. The molecule has 3 nitrogen and oxygen atoms in total. The molecule has 0 aliphatic carbocycles. The molecular formula is C14H20N2O. The number of ether oxygens (including phenoxy) is 1. The SMILES string of the molecule is CCc1ccccc1OCC(C#N)NC(C)C. The van der Waals surface area contributed by atoms with Gasteiger partial charge in [-0.2, -0.15) is 5.26 Å². The van der Waals surface area contributed by atoms with Crippen LogP contribution in [0.1, 0.15) is 26.3 Å². The van der Waals surface area contributed by atoms with Gasteiger partial charge in [0.25, 0.3) is 0 Å². The molecule has 1 unspecified atom stereocenters. The summed E-state index contributed by atoms with van der Waals surface area (Å²) in [5.41, 5.74) is 1.17. The van der Waals surface area contributed by atoms with Gasteiger partial charge in [0.2, 0.25) is 0 Å². The molecule has 0 aliphatic rings. The van der Waals surface area contributed by atoms with E-state index in [2.05, 4.69) is 18.3 Å². The van der Waals surface area contributed by atoms with Crippen LogP contribution < -0.4 is 10.1 Å². The van der Waals surface area contributed by atoms with Crippen molar-refractivity contribution in [1.82, 2.24) is 5.32 Å². The van der Waals surface area contributed by atoms with Crippen molar-refractivity contribution in [3.63, 3.8) is 0 Å². The number of nitrogens with one attached hydrogen (secondary N) is 1. The molecule has 0 amide bonds. The second-order valence-electron chi connectivity index (χ2n) is 4.28. The van der Waals surface area contributed by atoms with Crippen LogP contribution in [0.2, 0.25) is 0 Å². The van der Waals surface area contributed by atoms with Crippen LogP contribution in [0.25, 0.3) is 0 Å². The number of benzene rings is 1. The molecule has 92 valence electrons. The third kappa shape index (κ3) is 4.46. The van der Waals surface area contributed by atoms with E-state index < -0.39 is 0 Å². The Balaban J connectivity index is 2.57. The Hall–Kier alpha value is -1.53. The first-order valence-corrected chi connectivity index (χ1v) is 6.03. The molecule has 1 rings (SSSR count). The molecular weight excluding hydrogens is 212 g/mol. The third-order valence-electron chi connectivity index (χ3n) is 2.45. The summed E-state index contributed by atoms with van der Waals surface area (Å²) in [6.45, 7) is 6.51. The van der Waals surface area contributed by atoms with Gasteiger partial charge < -0.3 is 4.74 Å². The number of nitrogens with zero attached hydrogens (tertiary/aromatic N) is 1. The van der Waals surface area contributed by atoms with Crippen LogP contribution >= 0.6 is 0 Å². The van der Waals surface area contributed by atoms with E-state index in [0.717, 1.165) is 12.2 Å². The molecule has 0 aliphatic heterocycles. The maximum Gasteiger partial charge on any atom is 0.130 e. The zero-order chi connectivity index (χ0) is 12.7. The molecule has 0 fully saturated rings. The minimum Gasteiger partial charge on any atom is -0.491 e. The minimum atomic E-state index is -0.264. The molecule has 0 aromatic heterocycles. The van der Waals surface area contributed by atoms with Gasteiger partial charge in [-0.05, 0) is 31.9 Å². The number of para-hydroxylation sites is 1. The first-order chi connectivity index (χ1) is 8.17. The van der Waals surface area contributed by atoms with Crippen LogP contribution in [0.5, 0.6) is 5.75 Å². The van der Waals surface area contributed by atoms with Gasteiger partial charge in [0, 0.05) is 6.04 Å². The van der Waals surface area contributed by atoms with E-state index in [-0.39, 0.29) is 12.1 Å². The largest absolute Gasteiger partial charge is 0.491 e. The van der Waals surface area contributed by atoms with Crippen molar-refractivity contribution in [3.05, 3.63) is 29.8 Å². The van der Waals surface area contributed by atoms with E-state index in [1.165, 1.54) is 5.56 Å². The molecule has 1 aromatic rings. The molecule has 0 saturated carbocycles.